The van der Waals surface area contributed by atoms with E-state index in [2.05, 4.69) is 65.6 Å². The third kappa shape index (κ3) is 5.66. The SMILES string of the molecule is COc1ccc(CC(=O)N2CCN(C(c3ccccc3)c3ccccc3)CC2)cc1.Cl. The van der Waals surface area contributed by atoms with Crippen LogP contribution in [0.1, 0.15) is 22.7 Å². The molecule has 31 heavy (non-hydrogen) atoms. The number of amides is 1. The minimum atomic E-state index is 0. The predicted molar refractivity (Wildman–Crippen MR) is 127 cm³/mol. The molecule has 0 N–H and O–H groups in total. The highest BCUT2D eigenvalue weighted by atomic mass is 35.5. The van der Waals surface area contributed by atoms with E-state index in [1.54, 1.807) is 7.11 Å². The van der Waals surface area contributed by atoms with Crippen molar-refractivity contribution in [1.29, 1.82) is 0 Å². The number of carbonyl (C=O) groups is 1. The summed E-state index contributed by atoms with van der Waals surface area (Å²) in [5, 5.41) is 0. The number of methoxy groups -OCH3 is 1. The fourth-order valence-electron chi connectivity index (χ4n) is 4.14. The molecule has 5 heteroatoms. The van der Waals surface area contributed by atoms with Crippen LogP contribution in [-0.4, -0.2) is 49.0 Å². The third-order valence-corrected chi connectivity index (χ3v) is 5.78. The van der Waals surface area contributed by atoms with Crippen LogP contribution in [0.5, 0.6) is 5.75 Å². The van der Waals surface area contributed by atoms with Crippen LogP contribution in [0.25, 0.3) is 0 Å². The number of hydrogen-bond acceptors (Lipinski definition) is 3. The molecule has 0 saturated carbocycles. The van der Waals surface area contributed by atoms with Gasteiger partial charge in [-0.3, -0.25) is 9.69 Å². The summed E-state index contributed by atoms with van der Waals surface area (Å²) in [6.45, 7) is 3.24. The van der Waals surface area contributed by atoms with Crippen molar-refractivity contribution in [1.82, 2.24) is 9.80 Å². The van der Waals surface area contributed by atoms with E-state index in [0.717, 1.165) is 37.5 Å². The van der Waals surface area contributed by atoms with Crippen LogP contribution in [-0.2, 0) is 11.2 Å². The van der Waals surface area contributed by atoms with Crippen LogP contribution in [0.15, 0.2) is 84.9 Å². The topological polar surface area (TPSA) is 32.8 Å². The van der Waals surface area contributed by atoms with E-state index in [1.807, 2.05) is 29.2 Å². The van der Waals surface area contributed by atoms with Crippen LogP contribution < -0.4 is 4.74 Å². The Hall–Kier alpha value is -2.82. The number of carbonyl (C=O) groups excluding carboxylic acids is 1. The van der Waals surface area contributed by atoms with E-state index < -0.39 is 0 Å². The maximum atomic E-state index is 12.8. The van der Waals surface area contributed by atoms with Gasteiger partial charge < -0.3 is 9.64 Å². The highest BCUT2D eigenvalue weighted by molar-refractivity contribution is 5.85. The Morgan fingerprint density at radius 3 is 1.81 bits per heavy atom. The van der Waals surface area contributed by atoms with Crippen LogP contribution in [0.4, 0.5) is 0 Å². The molecule has 0 unspecified atom stereocenters. The Kier molecular flexibility index (Phi) is 8.10. The van der Waals surface area contributed by atoms with Crippen molar-refractivity contribution in [3.63, 3.8) is 0 Å². The molecule has 162 valence electrons. The minimum absolute atomic E-state index is 0. The van der Waals surface area contributed by atoms with Gasteiger partial charge in [0.2, 0.25) is 5.91 Å². The average molecular weight is 437 g/mol. The van der Waals surface area contributed by atoms with Gasteiger partial charge in [-0.2, -0.15) is 0 Å². The molecule has 1 amide bonds. The Labute approximate surface area is 190 Å². The molecule has 1 heterocycles. The van der Waals surface area contributed by atoms with Crippen molar-refractivity contribution in [3.8, 4) is 5.75 Å². The van der Waals surface area contributed by atoms with Crippen molar-refractivity contribution in [3.05, 3.63) is 102 Å². The molecular weight excluding hydrogens is 408 g/mol. The molecule has 1 aliphatic rings. The van der Waals surface area contributed by atoms with Crippen molar-refractivity contribution in [2.24, 2.45) is 0 Å². The van der Waals surface area contributed by atoms with E-state index in [9.17, 15) is 4.79 Å². The molecule has 4 rings (SSSR count). The van der Waals surface area contributed by atoms with Gasteiger partial charge in [0, 0.05) is 26.2 Å². The van der Waals surface area contributed by atoms with Crippen LogP contribution in [0.2, 0.25) is 0 Å². The molecule has 3 aromatic rings. The lowest BCUT2D eigenvalue weighted by Gasteiger charge is -2.40. The second-order valence-electron chi connectivity index (χ2n) is 7.67. The highest BCUT2D eigenvalue weighted by Gasteiger charge is 2.28. The van der Waals surface area contributed by atoms with Gasteiger partial charge in [0.15, 0.2) is 0 Å². The maximum absolute atomic E-state index is 12.8. The monoisotopic (exact) mass is 436 g/mol. The molecule has 0 atom stereocenters. The normalized spacial score (nSPS) is 14.2. The van der Waals surface area contributed by atoms with E-state index in [-0.39, 0.29) is 24.4 Å². The van der Waals surface area contributed by atoms with Gasteiger partial charge in [0.05, 0.1) is 19.6 Å². The second kappa shape index (κ2) is 11.0. The quantitative estimate of drug-likeness (QED) is 0.566. The van der Waals surface area contributed by atoms with Gasteiger partial charge in [-0.15, -0.1) is 12.4 Å². The van der Waals surface area contributed by atoms with Gasteiger partial charge in [-0.25, -0.2) is 0 Å². The first-order valence-corrected chi connectivity index (χ1v) is 10.5. The molecule has 0 bridgehead atoms. The zero-order valence-electron chi connectivity index (χ0n) is 17.8. The number of benzene rings is 3. The Balaban J connectivity index is 0.00000272. The van der Waals surface area contributed by atoms with Crippen LogP contribution in [0, 0.1) is 0 Å². The van der Waals surface area contributed by atoms with E-state index in [0.29, 0.717) is 6.42 Å². The number of ether oxygens (including phenoxy) is 1. The Morgan fingerprint density at radius 1 is 0.806 bits per heavy atom. The summed E-state index contributed by atoms with van der Waals surface area (Å²) in [7, 11) is 1.65. The predicted octanol–water partition coefficient (Wildman–Crippen LogP) is 4.59. The molecular formula is C26H29ClN2O2. The molecule has 0 spiro atoms. The molecule has 0 aliphatic carbocycles. The summed E-state index contributed by atoms with van der Waals surface area (Å²) in [4.78, 5) is 17.3. The highest BCUT2D eigenvalue weighted by Crippen LogP contribution is 2.29. The summed E-state index contributed by atoms with van der Waals surface area (Å²) in [5.74, 6) is 1.00. The Morgan fingerprint density at radius 2 is 1.32 bits per heavy atom. The summed E-state index contributed by atoms with van der Waals surface area (Å²) in [5.41, 5.74) is 3.61. The average Bonchev–Trinajstić information content (AvgIpc) is 2.81. The summed E-state index contributed by atoms with van der Waals surface area (Å²) >= 11 is 0. The lowest BCUT2D eigenvalue weighted by molar-refractivity contribution is -0.132. The number of piperazine rings is 1. The first-order chi connectivity index (χ1) is 14.7. The summed E-state index contributed by atoms with van der Waals surface area (Å²) < 4.78 is 5.20. The number of nitrogens with zero attached hydrogens (tertiary/aromatic N) is 2. The van der Waals surface area contributed by atoms with Crippen molar-refractivity contribution < 1.29 is 9.53 Å². The first kappa shape index (κ1) is 22.9. The lowest BCUT2D eigenvalue weighted by Crippen LogP contribution is -2.50. The fraction of sp³-hybridized carbons (Fsp3) is 0.269. The molecule has 4 nitrogen and oxygen atoms in total. The summed E-state index contributed by atoms with van der Waals surface area (Å²) in [6.07, 6.45) is 0.435. The van der Waals surface area contributed by atoms with E-state index in [1.165, 1.54) is 11.1 Å². The summed E-state index contributed by atoms with van der Waals surface area (Å²) in [6, 6.07) is 29.2. The zero-order valence-corrected chi connectivity index (χ0v) is 18.6. The lowest BCUT2D eigenvalue weighted by atomic mass is 9.96. The molecule has 1 saturated heterocycles. The molecule has 3 aromatic carbocycles. The first-order valence-electron chi connectivity index (χ1n) is 10.5. The minimum Gasteiger partial charge on any atom is -0.497 e. The largest absolute Gasteiger partial charge is 0.497 e. The van der Waals surface area contributed by atoms with E-state index in [4.69, 9.17) is 4.74 Å². The molecule has 0 aromatic heterocycles. The van der Waals surface area contributed by atoms with Gasteiger partial charge in [0.25, 0.3) is 0 Å². The number of rotatable bonds is 6. The van der Waals surface area contributed by atoms with Gasteiger partial charge in [-0.1, -0.05) is 72.8 Å². The standard InChI is InChI=1S/C26H28N2O2.ClH/c1-30-24-14-12-21(13-15-24)20-25(29)27-16-18-28(19-17-27)26(22-8-4-2-5-9-22)23-10-6-3-7-11-23;/h2-15,26H,16-20H2,1H3;1H. The molecule has 1 fully saturated rings. The molecule has 1 aliphatic heterocycles. The van der Waals surface area contributed by atoms with Gasteiger partial charge in [0.1, 0.15) is 5.75 Å². The Bertz CT molecular complexity index is 901. The maximum Gasteiger partial charge on any atom is 0.227 e. The third-order valence-electron chi connectivity index (χ3n) is 5.78. The van der Waals surface area contributed by atoms with Crippen molar-refractivity contribution >= 4 is 18.3 Å². The van der Waals surface area contributed by atoms with Crippen molar-refractivity contribution in [2.45, 2.75) is 12.5 Å². The van der Waals surface area contributed by atoms with Crippen molar-refractivity contribution in [2.75, 3.05) is 33.3 Å². The molecule has 0 radical (unpaired) electrons. The second-order valence-corrected chi connectivity index (χ2v) is 7.67. The van der Waals surface area contributed by atoms with Crippen LogP contribution >= 0.6 is 12.4 Å². The van der Waals surface area contributed by atoms with E-state index >= 15 is 0 Å². The zero-order chi connectivity index (χ0) is 20.8. The number of hydrogen-bond donors (Lipinski definition) is 0. The number of halogens is 1. The van der Waals surface area contributed by atoms with Gasteiger partial charge >= 0.3 is 0 Å². The fourth-order valence-corrected chi connectivity index (χ4v) is 4.14. The van der Waals surface area contributed by atoms with Gasteiger partial charge in [-0.05, 0) is 28.8 Å². The smallest absolute Gasteiger partial charge is 0.227 e. The van der Waals surface area contributed by atoms with Crippen LogP contribution in [0.3, 0.4) is 0 Å².